The van der Waals surface area contributed by atoms with Crippen LogP contribution in [0.3, 0.4) is 0 Å². The first kappa shape index (κ1) is 23.4. The monoisotopic (exact) mass is 494 g/mol. The van der Waals surface area contributed by atoms with Crippen LogP contribution < -0.4 is 14.8 Å². The summed E-state index contributed by atoms with van der Waals surface area (Å²) in [5, 5.41) is 5.07. The Morgan fingerprint density at radius 3 is 2.57 bits per heavy atom. The molecule has 1 aromatic heterocycles. The quantitative estimate of drug-likeness (QED) is 0.479. The summed E-state index contributed by atoms with van der Waals surface area (Å²) in [6.45, 7) is 0.350. The van der Waals surface area contributed by atoms with Crippen molar-refractivity contribution in [1.29, 1.82) is 0 Å². The van der Waals surface area contributed by atoms with Gasteiger partial charge in [0.25, 0.3) is 0 Å². The molecule has 1 saturated carbocycles. The van der Waals surface area contributed by atoms with E-state index in [1.54, 1.807) is 17.0 Å². The molecule has 2 heterocycles. The number of nitrogens with one attached hydrogen (secondary N) is 1. The smallest absolute Gasteiger partial charge is 0.247 e. The van der Waals surface area contributed by atoms with Crippen LogP contribution in [0, 0.1) is 5.82 Å². The van der Waals surface area contributed by atoms with Crippen LogP contribution in [0.1, 0.15) is 47.7 Å². The fourth-order valence-corrected chi connectivity index (χ4v) is 5.39. The maximum absolute atomic E-state index is 13.8. The van der Waals surface area contributed by atoms with Crippen LogP contribution in [0.4, 0.5) is 4.39 Å². The highest BCUT2D eigenvalue weighted by atomic mass is 32.1. The Bertz CT molecular complexity index is 1180. The molecular weight excluding hydrogens is 467 g/mol. The molecule has 6 nitrogen and oxygen atoms in total. The average molecular weight is 495 g/mol. The molecule has 2 aromatic carbocycles. The van der Waals surface area contributed by atoms with Gasteiger partial charge < -0.3 is 19.7 Å². The lowest BCUT2D eigenvalue weighted by Gasteiger charge is -2.32. The lowest BCUT2D eigenvalue weighted by atomic mass is 10.0. The number of hydrogen-bond donors (Lipinski definition) is 1. The van der Waals surface area contributed by atoms with Crippen LogP contribution in [0.25, 0.3) is 0 Å². The van der Waals surface area contributed by atoms with Crippen LogP contribution in [0.15, 0.2) is 60.0 Å². The molecule has 0 unspecified atom stereocenters. The van der Waals surface area contributed by atoms with E-state index in [1.807, 2.05) is 35.7 Å². The van der Waals surface area contributed by atoms with E-state index < -0.39 is 11.9 Å². The van der Waals surface area contributed by atoms with Crippen molar-refractivity contribution < 1.29 is 23.5 Å². The lowest BCUT2D eigenvalue weighted by Crippen LogP contribution is -2.46. The van der Waals surface area contributed by atoms with Gasteiger partial charge in [0.05, 0.1) is 6.42 Å². The summed E-state index contributed by atoms with van der Waals surface area (Å²) in [5.74, 6) is 0.446. The van der Waals surface area contributed by atoms with Crippen LogP contribution >= 0.6 is 11.3 Å². The normalized spacial score (nSPS) is 15.7. The van der Waals surface area contributed by atoms with Crippen molar-refractivity contribution in [2.24, 2.45) is 0 Å². The fraction of sp³-hybridized carbons (Fsp3) is 0.333. The Morgan fingerprint density at radius 2 is 1.83 bits per heavy atom. The Balaban J connectivity index is 1.50. The Kier molecular flexibility index (Phi) is 6.99. The highest BCUT2D eigenvalue weighted by Gasteiger charge is 2.33. The molecular formula is C27H27FN2O4S. The van der Waals surface area contributed by atoms with E-state index in [9.17, 15) is 14.0 Å². The van der Waals surface area contributed by atoms with Gasteiger partial charge in [0.15, 0.2) is 11.5 Å². The minimum absolute atomic E-state index is 0.0882. The summed E-state index contributed by atoms with van der Waals surface area (Å²) in [6.07, 6.45) is 4.17. The van der Waals surface area contributed by atoms with E-state index in [4.69, 9.17) is 9.47 Å². The van der Waals surface area contributed by atoms with Crippen molar-refractivity contribution in [3.8, 4) is 11.5 Å². The van der Waals surface area contributed by atoms with Crippen molar-refractivity contribution in [3.63, 3.8) is 0 Å². The van der Waals surface area contributed by atoms with E-state index in [0.717, 1.165) is 36.1 Å². The second-order valence-electron chi connectivity index (χ2n) is 8.91. The minimum atomic E-state index is -0.894. The zero-order valence-electron chi connectivity index (χ0n) is 19.2. The molecule has 1 aliphatic heterocycles. The van der Waals surface area contributed by atoms with Crippen molar-refractivity contribution >= 4 is 23.2 Å². The number of benzene rings is 2. The third-order valence-electron chi connectivity index (χ3n) is 6.46. The van der Waals surface area contributed by atoms with E-state index in [1.165, 1.54) is 23.5 Å². The lowest BCUT2D eigenvalue weighted by molar-refractivity contribution is -0.141. The Hall–Kier alpha value is -3.39. The molecule has 1 aliphatic carbocycles. The molecule has 0 saturated heterocycles. The summed E-state index contributed by atoms with van der Waals surface area (Å²) in [5.41, 5.74) is 1.39. The molecule has 3 aromatic rings. The number of fused-ring (bicyclic) bond motifs is 1. The average Bonchev–Trinajstić information content (AvgIpc) is 3.63. The van der Waals surface area contributed by atoms with Gasteiger partial charge in [0, 0.05) is 17.5 Å². The molecule has 0 spiro atoms. The summed E-state index contributed by atoms with van der Waals surface area (Å²) in [7, 11) is 0. The zero-order valence-corrected chi connectivity index (χ0v) is 20.1. The highest BCUT2D eigenvalue weighted by molar-refractivity contribution is 7.10. The molecule has 35 heavy (non-hydrogen) atoms. The number of hydrogen-bond acceptors (Lipinski definition) is 5. The summed E-state index contributed by atoms with van der Waals surface area (Å²) in [6, 6.07) is 14.3. The first-order valence-corrected chi connectivity index (χ1v) is 12.7. The number of ether oxygens (including phenoxy) is 2. The number of carbonyl (C=O) groups excluding carboxylic acids is 2. The topological polar surface area (TPSA) is 67.9 Å². The number of carbonyl (C=O) groups is 2. The maximum Gasteiger partial charge on any atom is 0.247 e. The molecule has 0 radical (unpaired) electrons. The van der Waals surface area contributed by atoms with Gasteiger partial charge in [-0.15, -0.1) is 11.3 Å². The van der Waals surface area contributed by atoms with Crippen molar-refractivity contribution in [3.05, 3.63) is 81.8 Å². The molecule has 1 atom stereocenters. The van der Waals surface area contributed by atoms with Gasteiger partial charge in [-0.2, -0.15) is 0 Å². The van der Waals surface area contributed by atoms with Gasteiger partial charge in [-0.05, 0) is 59.7 Å². The largest absolute Gasteiger partial charge is 0.454 e. The van der Waals surface area contributed by atoms with Gasteiger partial charge >= 0.3 is 0 Å². The van der Waals surface area contributed by atoms with Crippen molar-refractivity contribution in [1.82, 2.24) is 10.2 Å². The number of rotatable bonds is 8. The Morgan fingerprint density at radius 1 is 1.06 bits per heavy atom. The number of thiophene rings is 1. The standard InChI is InChI=1S/C27H27FN2O4S/c28-20-10-8-19(9-11-20)26(27(32)29-21-4-1-2-5-21)30(25(31)15-22-6-3-13-35-22)16-18-7-12-23-24(14-18)34-17-33-23/h3,6-14,21,26H,1-2,4-5,15-17H2,(H,29,32)/t26-/m1/s1. The summed E-state index contributed by atoms with van der Waals surface area (Å²) in [4.78, 5) is 29.9. The van der Waals surface area contributed by atoms with E-state index >= 15 is 0 Å². The van der Waals surface area contributed by atoms with Crippen molar-refractivity contribution in [2.75, 3.05) is 6.79 Å². The van der Waals surface area contributed by atoms with E-state index in [0.29, 0.717) is 17.1 Å². The van der Waals surface area contributed by atoms with Crippen LogP contribution in [-0.4, -0.2) is 29.5 Å². The van der Waals surface area contributed by atoms with E-state index in [-0.39, 0.29) is 37.6 Å². The maximum atomic E-state index is 13.8. The second kappa shape index (κ2) is 10.5. The van der Waals surface area contributed by atoms with Gasteiger partial charge in [0.1, 0.15) is 11.9 Å². The first-order chi connectivity index (χ1) is 17.1. The van der Waals surface area contributed by atoms with Gasteiger partial charge in [0.2, 0.25) is 18.6 Å². The first-order valence-electron chi connectivity index (χ1n) is 11.8. The van der Waals surface area contributed by atoms with Crippen LogP contribution in [0.5, 0.6) is 11.5 Å². The molecule has 8 heteroatoms. The van der Waals surface area contributed by atoms with Gasteiger partial charge in [-0.3, -0.25) is 9.59 Å². The SMILES string of the molecule is O=C(NC1CCCC1)[C@@H](c1ccc(F)cc1)N(Cc1ccc2c(c1)OCO2)C(=O)Cc1cccs1. The molecule has 5 rings (SSSR count). The van der Waals surface area contributed by atoms with E-state index in [2.05, 4.69) is 5.32 Å². The summed E-state index contributed by atoms with van der Waals surface area (Å²) < 4.78 is 24.7. The Labute approximate surface area is 207 Å². The molecule has 182 valence electrons. The third kappa shape index (κ3) is 5.48. The van der Waals surface area contributed by atoms with Crippen molar-refractivity contribution in [2.45, 2.75) is 50.7 Å². The van der Waals surface area contributed by atoms with Gasteiger partial charge in [-0.25, -0.2) is 4.39 Å². The molecule has 2 amide bonds. The van der Waals surface area contributed by atoms with Crippen LogP contribution in [-0.2, 0) is 22.6 Å². The van der Waals surface area contributed by atoms with Crippen LogP contribution in [0.2, 0.25) is 0 Å². The minimum Gasteiger partial charge on any atom is -0.454 e. The molecule has 0 bridgehead atoms. The predicted octanol–water partition coefficient (Wildman–Crippen LogP) is 4.99. The molecule has 1 N–H and O–H groups in total. The summed E-state index contributed by atoms with van der Waals surface area (Å²) >= 11 is 1.50. The highest BCUT2D eigenvalue weighted by Crippen LogP contribution is 2.34. The number of nitrogens with zero attached hydrogens (tertiary/aromatic N) is 1. The molecule has 1 fully saturated rings. The third-order valence-corrected chi connectivity index (χ3v) is 7.34. The molecule has 2 aliphatic rings. The van der Waals surface area contributed by atoms with Gasteiger partial charge in [-0.1, -0.05) is 37.1 Å². The second-order valence-corrected chi connectivity index (χ2v) is 9.94. The fourth-order valence-electron chi connectivity index (χ4n) is 4.69. The zero-order chi connectivity index (χ0) is 24.2. The number of amides is 2. The number of halogens is 1. The predicted molar refractivity (Wildman–Crippen MR) is 131 cm³/mol.